The summed E-state index contributed by atoms with van der Waals surface area (Å²) in [7, 11) is 3.50. The van der Waals surface area contributed by atoms with Crippen LogP contribution in [0.4, 0.5) is 4.39 Å². The first-order chi connectivity index (χ1) is 13.1. The molecule has 7 heteroatoms. The maximum atomic E-state index is 13.0. The molecule has 1 aliphatic rings. The molecule has 1 heterocycles. The van der Waals surface area contributed by atoms with Gasteiger partial charge in [-0.3, -0.25) is 4.99 Å². The van der Waals surface area contributed by atoms with Crippen LogP contribution in [0.1, 0.15) is 26.2 Å². The number of nitrogens with zero attached hydrogens (tertiary/aromatic N) is 2. The van der Waals surface area contributed by atoms with E-state index in [0.29, 0.717) is 18.4 Å². The van der Waals surface area contributed by atoms with Crippen LogP contribution in [0.3, 0.4) is 0 Å². The summed E-state index contributed by atoms with van der Waals surface area (Å²) in [5.41, 5.74) is 0. The van der Waals surface area contributed by atoms with E-state index in [0.717, 1.165) is 51.5 Å². The average Bonchev–Trinajstić information content (AvgIpc) is 2.68. The molecule has 1 aromatic rings. The van der Waals surface area contributed by atoms with Crippen molar-refractivity contribution in [3.8, 4) is 5.75 Å². The van der Waals surface area contributed by atoms with Crippen LogP contribution in [0.2, 0.25) is 0 Å². The summed E-state index contributed by atoms with van der Waals surface area (Å²) in [6, 6.07) is 6.07. The molecule has 6 nitrogen and oxygen atoms in total. The maximum Gasteiger partial charge on any atom is 0.193 e. The number of ether oxygens (including phenoxy) is 3. The van der Waals surface area contributed by atoms with Crippen molar-refractivity contribution in [1.82, 2.24) is 10.2 Å². The Labute approximate surface area is 161 Å². The molecule has 1 fully saturated rings. The second-order valence-electron chi connectivity index (χ2n) is 6.71. The second kappa shape index (κ2) is 11.8. The van der Waals surface area contributed by atoms with Gasteiger partial charge in [-0.15, -0.1) is 0 Å². The van der Waals surface area contributed by atoms with E-state index < -0.39 is 0 Å². The van der Waals surface area contributed by atoms with Gasteiger partial charge in [0, 0.05) is 40.5 Å². The van der Waals surface area contributed by atoms with Crippen LogP contribution >= 0.6 is 0 Å². The van der Waals surface area contributed by atoms with Crippen molar-refractivity contribution in [2.45, 2.75) is 38.4 Å². The molecule has 1 aromatic carbocycles. The molecule has 1 N–H and O–H groups in total. The molecule has 0 aromatic heterocycles. The van der Waals surface area contributed by atoms with Crippen LogP contribution < -0.4 is 10.1 Å². The van der Waals surface area contributed by atoms with Crippen LogP contribution in [0.15, 0.2) is 29.3 Å². The Hall–Kier alpha value is -1.86. The monoisotopic (exact) mass is 381 g/mol. The molecule has 27 heavy (non-hydrogen) atoms. The zero-order valence-corrected chi connectivity index (χ0v) is 16.6. The Morgan fingerprint density at radius 3 is 2.59 bits per heavy atom. The minimum Gasteiger partial charge on any atom is -0.489 e. The highest BCUT2D eigenvalue weighted by molar-refractivity contribution is 5.80. The third-order valence-corrected chi connectivity index (χ3v) is 4.50. The largest absolute Gasteiger partial charge is 0.489 e. The van der Waals surface area contributed by atoms with Gasteiger partial charge in [0.05, 0.1) is 12.6 Å². The van der Waals surface area contributed by atoms with Gasteiger partial charge < -0.3 is 24.4 Å². The lowest BCUT2D eigenvalue weighted by molar-refractivity contribution is 0.00984. The van der Waals surface area contributed by atoms with E-state index in [1.807, 2.05) is 6.92 Å². The number of methoxy groups -OCH3 is 1. The van der Waals surface area contributed by atoms with Crippen LogP contribution in [0.5, 0.6) is 5.75 Å². The predicted molar refractivity (Wildman–Crippen MR) is 105 cm³/mol. The summed E-state index contributed by atoms with van der Waals surface area (Å²) >= 11 is 0. The van der Waals surface area contributed by atoms with E-state index in [-0.39, 0.29) is 11.9 Å². The molecule has 0 saturated carbocycles. The van der Waals surface area contributed by atoms with E-state index in [9.17, 15) is 4.39 Å². The molecule has 0 radical (unpaired) electrons. The van der Waals surface area contributed by atoms with Gasteiger partial charge in [0.2, 0.25) is 0 Å². The fourth-order valence-electron chi connectivity index (χ4n) is 3.04. The van der Waals surface area contributed by atoms with Crippen molar-refractivity contribution in [2.24, 2.45) is 4.99 Å². The summed E-state index contributed by atoms with van der Waals surface area (Å²) in [4.78, 5) is 6.63. The fourth-order valence-corrected chi connectivity index (χ4v) is 3.04. The summed E-state index contributed by atoms with van der Waals surface area (Å²) in [6.45, 7) is 5.93. The van der Waals surface area contributed by atoms with E-state index in [4.69, 9.17) is 14.2 Å². The number of halogens is 1. The number of rotatable bonds is 9. The van der Waals surface area contributed by atoms with Crippen molar-refractivity contribution in [3.63, 3.8) is 0 Å². The van der Waals surface area contributed by atoms with Gasteiger partial charge in [-0.25, -0.2) is 4.39 Å². The quantitative estimate of drug-likeness (QED) is 0.405. The summed E-state index contributed by atoms with van der Waals surface area (Å²) < 4.78 is 29.7. The molecule has 0 spiro atoms. The van der Waals surface area contributed by atoms with Crippen LogP contribution in [0.25, 0.3) is 0 Å². The van der Waals surface area contributed by atoms with E-state index in [1.165, 1.54) is 12.1 Å². The summed E-state index contributed by atoms with van der Waals surface area (Å²) in [5.74, 6) is 1.27. The smallest absolute Gasteiger partial charge is 0.193 e. The molecular weight excluding hydrogens is 349 g/mol. The molecule has 0 amide bonds. The number of aliphatic imine (C=N–C) groups is 1. The first kappa shape index (κ1) is 21.4. The topological polar surface area (TPSA) is 55.3 Å². The van der Waals surface area contributed by atoms with Crippen molar-refractivity contribution in [2.75, 3.05) is 47.0 Å². The van der Waals surface area contributed by atoms with Crippen LogP contribution in [-0.4, -0.2) is 70.1 Å². The van der Waals surface area contributed by atoms with E-state index in [2.05, 4.69) is 15.2 Å². The van der Waals surface area contributed by atoms with Crippen LogP contribution in [-0.2, 0) is 9.47 Å². The Morgan fingerprint density at radius 1 is 1.26 bits per heavy atom. The maximum absolute atomic E-state index is 13.0. The highest BCUT2D eigenvalue weighted by Crippen LogP contribution is 2.15. The first-order valence-electron chi connectivity index (χ1n) is 9.60. The van der Waals surface area contributed by atoms with Gasteiger partial charge >= 0.3 is 0 Å². The zero-order chi connectivity index (χ0) is 19.5. The first-order valence-corrected chi connectivity index (χ1v) is 9.60. The highest BCUT2D eigenvalue weighted by Gasteiger charge is 2.22. The van der Waals surface area contributed by atoms with E-state index >= 15 is 0 Å². The number of guanidine groups is 1. The van der Waals surface area contributed by atoms with Gasteiger partial charge in [0.15, 0.2) is 5.96 Å². The predicted octanol–water partition coefficient (Wildman–Crippen LogP) is 2.69. The normalized spacial score (nSPS) is 17.0. The molecule has 1 saturated heterocycles. The van der Waals surface area contributed by atoms with Gasteiger partial charge in [-0.1, -0.05) is 0 Å². The molecule has 1 atom stereocenters. The van der Waals surface area contributed by atoms with E-state index in [1.54, 1.807) is 26.3 Å². The third-order valence-electron chi connectivity index (χ3n) is 4.50. The highest BCUT2D eigenvalue weighted by atomic mass is 19.1. The number of benzene rings is 1. The minimum absolute atomic E-state index is 0.0612. The standard InChI is InChI=1S/C20H32FN3O3/c1-16(27-19-7-5-17(21)6-8-19)15-23-20(22-2)24-11-9-18(10-12-24)26-14-4-13-25-3/h5-8,16,18H,4,9-15H2,1-3H3,(H,22,23). The Balaban J connectivity index is 1.68. The summed E-state index contributed by atoms with van der Waals surface area (Å²) in [6.07, 6.45) is 3.18. The SMILES string of the molecule is CN=C(NCC(C)Oc1ccc(F)cc1)N1CCC(OCCCOC)CC1. The third kappa shape index (κ3) is 7.72. The van der Waals surface area contributed by atoms with Crippen molar-refractivity contribution >= 4 is 5.96 Å². The van der Waals surface area contributed by atoms with Crippen LogP contribution in [0, 0.1) is 5.82 Å². The second-order valence-corrected chi connectivity index (χ2v) is 6.71. The lowest BCUT2D eigenvalue weighted by Crippen LogP contribution is -2.48. The zero-order valence-electron chi connectivity index (χ0n) is 16.6. The Kier molecular flexibility index (Phi) is 9.35. The fraction of sp³-hybridized carbons (Fsp3) is 0.650. The molecule has 0 bridgehead atoms. The molecule has 1 aliphatic heterocycles. The number of hydrogen-bond donors (Lipinski definition) is 1. The van der Waals surface area contributed by atoms with Crippen molar-refractivity contribution < 1.29 is 18.6 Å². The Bertz CT molecular complexity index is 560. The number of nitrogens with one attached hydrogen (secondary N) is 1. The van der Waals surface area contributed by atoms with Gasteiger partial charge in [0.1, 0.15) is 17.7 Å². The molecule has 0 aliphatic carbocycles. The molecule has 2 rings (SSSR count). The van der Waals surface area contributed by atoms with Crippen molar-refractivity contribution in [3.05, 3.63) is 30.1 Å². The lowest BCUT2D eigenvalue weighted by Gasteiger charge is -2.34. The number of piperidine rings is 1. The van der Waals surface area contributed by atoms with Gasteiger partial charge in [-0.05, 0) is 50.5 Å². The minimum atomic E-state index is -0.264. The van der Waals surface area contributed by atoms with Gasteiger partial charge in [0.25, 0.3) is 0 Å². The molecular formula is C20H32FN3O3. The molecule has 1 unspecified atom stereocenters. The average molecular weight is 381 g/mol. The number of hydrogen-bond acceptors (Lipinski definition) is 4. The lowest BCUT2D eigenvalue weighted by atomic mass is 10.1. The number of likely N-dealkylation sites (tertiary alicyclic amines) is 1. The molecule has 152 valence electrons. The van der Waals surface area contributed by atoms with Crippen molar-refractivity contribution in [1.29, 1.82) is 0 Å². The van der Waals surface area contributed by atoms with Gasteiger partial charge in [-0.2, -0.15) is 0 Å². The summed E-state index contributed by atoms with van der Waals surface area (Å²) in [5, 5.41) is 3.36. The Morgan fingerprint density at radius 2 is 1.96 bits per heavy atom.